The number of carbonyl (C=O) groups is 1. The van der Waals surface area contributed by atoms with Gasteiger partial charge in [0, 0.05) is 19.1 Å². The van der Waals surface area contributed by atoms with E-state index in [0.29, 0.717) is 13.0 Å². The van der Waals surface area contributed by atoms with Crippen LogP contribution >= 0.6 is 0 Å². The van der Waals surface area contributed by atoms with Crippen molar-refractivity contribution in [1.82, 2.24) is 9.80 Å². The molecule has 1 heterocycles. The summed E-state index contributed by atoms with van der Waals surface area (Å²) in [7, 11) is 0. The number of hydrogen-bond donors (Lipinski definition) is 2. The van der Waals surface area contributed by atoms with Crippen molar-refractivity contribution >= 4 is 6.09 Å². The van der Waals surface area contributed by atoms with E-state index in [0.717, 1.165) is 0 Å². The Kier molecular flexibility index (Phi) is 10.4. The smallest absolute Gasteiger partial charge is 0.410 e. The number of carbonyl (C=O) groups excluding carboxylic acids is 1. The molecule has 0 spiro atoms. The predicted octanol–water partition coefficient (Wildman–Crippen LogP) is 1.94. The Morgan fingerprint density at radius 1 is 1.22 bits per heavy atom. The summed E-state index contributed by atoms with van der Waals surface area (Å²) >= 11 is 0. The van der Waals surface area contributed by atoms with Gasteiger partial charge >= 0.3 is 6.09 Å². The summed E-state index contributed by atoms with van der Waals surface area (Å²) in [5.41, 5.74) is -0.518. The third-order valence-electron chi connectivity index (χ3n) is 3.95. The van der Waals surface area contributed by atoms with Crippen LogP contribution in [0.5, 0.6) is 0 Å². The van der Waals surface area contributed by atoms with Crippen LogP contribution in [0.2, 0.25) is 0 Å². The Hall–Kier alpha value is -0.850. The summed E-state index contributed by atoms with van der Waals surface area (Å²) in [6.45, 7) is 16.3. The van der Waals surface area contributed by atoms with Crippen molar-refractivity contribution in [1.29, 1.82) is 0 Å². The molecular formula is C17H36N2O4. The zero-order chi connectivity index (χ0) is 18.0. The van der Waals surface area contributed by atoms with Crippen molar-refractivity contribution in [3.63, 3.8) is 0 Å². The van der Waals surface area contributed by atoms with Gasteiger partial charge in [0.15, 0.2) is 0 Å². The van der Waals surface area contributed by atoms with Crippen LogP contribution < -0.4 is 0 Å². The van der Waals surface area contributed by atoms with E-state index in [1.165, 1.54) is 24.5 Å². The predicted molar refractivity (Wildman–Crippen MR) is 92.5 cm³/mol. The highest BCUT2D eigenvalue weighted by Crippen LogP contribution is 2.19. The van der Waals surface area contributed by atoms with E-state index in [4.69, 9.17) is 9.84 Å². The van der Waals surface area contributed by atoms with Crippen LogP contribution in [-0.2, 0) is 4.74 Å². The van der Waals surface area contributed by atoms with Gasteiger partial charge in [-0.05, 0) is 46.8 Å². The Morgan fingerprint density at radius 3 is 2.04 bits per heavy atom. The Morgan fingerprint density at radius 2 is 1.74 bits per heavy atom. The molecule has 1 aliphatic heterocycles. The molecule has 1 saturated heterocycles. The van der Waals surface area contributed by atoms with Gasteiger partial charge in [0.1, 0.15) is 5.60 Å². The number of likely N-dealkylation sites (tertiary alicyclic amines) is 1. The maximum Gasteiger partial charge on any atom is 0.410 e. The van der Waals surface area contributed by atoms with E-state index >= 15 is 0 Å². The highest BCUT2D eigenvalue weighted by Gasteiger charge is 2.31. The van der Waals surface area contributed by atoms with Gasteiger partial charge in [0.25, 0.3) is 0 Å². The quantitative estimate of drug-likeness (QED) is 0.823. The fraction of sp³-hybridized carbons (Fsp3) is 0.941. The molecule has 6 nitrogen and oxygen atoms in total. The lowest BCUT2D eigenvalue weighted by Gasteiger charge is -2.35. The average Bonchev–Trinajstić information content (AvgIpc) is 2.48. The zero-order valence-corrected chi connectivity index (χ0v) is 15.7. The van der Waals surface area contributed by atoms with Crippen molar-refractivity contribution in [2.45, 2.75) is 59.7 Å². The molecule has 0 saturated carbocycles. The normalized spacial score (nSPS) is 21.7. The van der Waals surface area contributed by atoms with E-state index in [-0.39, 0.29) is 19.1 Å². The molecule has 0 radical (unpaired) electrons. The van der Waals surface area contributed by atoms with Gasteiger partial charge in [-0.2, -0.15) is 0 Å². The first kappa shape index (κ1) is 22.1. The van der Waals surface area contributed by atoms with Crippen LogP contribution in [-0.4, -0.2) is 77.1 Å². The molecule has 2 atom stereocenters. The molecule has 0 bridgehead atoms. The maximum absolute atomic E-state index is 11.7. The fourth-order valence-electron chi connectivity index (χ4n) is 2.36. The number of rotatable bonds is 4. The first-order valence-electron chi connectivity index (χ1n) is 8.67. The lowest BCUT2D eigenvalue weighted by atomic mass is 9.95. The highest BCUT2D eigenvalue weighted by molar-refractivity contribution is 5.68. The van der Waals surface area contributed by atoms with Crippen LogP contribution in [0.4, 0.5) is 4.79 Å². The molecule has 0 aliphatic carbocycles. The van der Waals surface area contributed by atoms with Gasteiger partial charge in [0.05, 0.1) is 12.6 Å². The molecule has 1 rings (SSSR count). The van der Waals surface area contributed by atoms with Crippen LogP contribution in [0.15, 0.2) is 0 Å². The number of aliphatic hydroxyl groups is 2. The number of amides is 1. The van der Waals surface area contributed by atoms with Crippen molar-refractivity contribution in [3.05, 3.63) is 0 Å². The summed E-state index contributed by atoms with van der Waals surface area (Å²) in [5, 5.41) is 18.7. The minimum atomic E-state index is -0.661. The molecule has 2 N–H and O–H groups in total. The van der Waals surface area contributed by atoms with Crippen molar-refractivity contribution < 1.29 is 19.7 Å². The summed E-state index contributed by atoms with van der Waals surface area (Å²) in [6, 6.07) is 0. The zero-order valence-electron chi connectivity index (χ0n) is 15.7. The van der Waals surface area contributed by atoms with E-state index in [1.54, 1.807) is 0 Å². The summed E-state index contributed by atoms with van der Waals surface area (Å²) < 4.78 is 5.21. The Bertz CT molecular complexity index is 322. The molecule has 138 valence electrons. The number of β-amino-alcohol motifs (C(OH)–C–C–N with tert-alkyl or cyclic N) is 1. The monoisotopic (exact) mass is 332 g/mol. The molecule has 0 aromatic rings. The van der Waals surface area contributed by atoms with Gasteiger partial charge in [-0.3, -0.25) is 0 Å². The van der Waals surface area contributed by atoms with Crippen molar-refractivity contribution in [3.8, 4) is 0 Å². The lowest BCUT2D eigenvalue weighted by Crippen LogP contribution is -2.49. The lowest BCUT2D eigenvalue weighted by molar-refractivity contribution is -0.0234. The number of nitrogens with zero attached hydrogens (tertiary/aromatic N) is 2. The third kappa shape index (κ3) is 9.13. The molecular weight excluding hydrogens is 296 g/mol. The number of piperidine rings is 1. The van der Waals surface area contributed by atoms with Crippen LogP contribution in [0.3, 0.4) is 0 Å². The third-order valence-corrected chi connectivity index (χ3v) is 3.95. The molecule has 1 fully saturated rings. The molecule has 0 aromatic heterocycles. The highest BCUT2D eigenvalue weighted by atomic mass is 16.6. The number of ether oxygens (including phenoxy) is 1. The van der Waals surface area contributed by atoms with E-state index in [1.807, 2.05) is 20.8 Å². The molecule has 23 heavy (non-hydrogen) atoms. The first-order chi connectivity index (χ1) is 10.7. The average molecular weight is 332 g/mol. The number of hydrogen-bond acceptors (Lipinski definition) is 5. The Balaban J connectivity index is 0.000000585. The number of aliphatic hydroxyl groups excluding tert-OH is 2. The SMILES string of the molecule is CC(C)(C)OC(=O)N1CC[C@H](CO)[C@H](O)C1.CCN(CC)CC. The maximum atomic E-state index is 11.7. The second-order valence-electron chi connectivity index (χ2n) is 6.84. The standard InChI is InChI=1S/C11H21NO4.C6H15N/c1-11(2,3)16-10(15)12-5-4-8(7-13)9(14)6-12;1-4-7(5-2)6-3/h8-9,13-14H,4-7H2,1-3H3;4-6H2,1-3H3/t8-,9-;/m1./s1. The van der Waals surface area contributed by atoms with Gasteiger partial charge < -0.3 is 24.7 Å². The van der Waals surface area contributed by atoms with Gasteiger partial charge in [-0.1, -0.05) is 20.8 Å². The van der Waals surface area contributed by atoms with E-state index in [2.05, 4.69) is 25.7 Å². The summed E-state index contributed by atoms with van der Waals surface area (Å²) in [6.07, 6.45) is -0.453. The van der Waals surface area contributed by atoms with Gasteiger partial charge in [0.2, 0.25) is 0 Å². The van der Waals surface area contributed by atoms with Gasteiger partial charge in [-0.15, -0.1) is 0 Å². The second kappa shape index (κ2) is 10.8. The summed E-state index contributed by atoms with van der Waals surface area (Å²) in [4.78, 5) is 15.5. The van der Waals surface area contributed by atoms with Gasteiger partial charge in [-0.25, -0.2) is 4.79 Å². The van der Waals surface area contributed by atoms with Crippen LogP contribution in [0.1, 0.15) is 48.0 Å². The van der Waals surface area contributed by atoms with Crippen LogP contribution in [0.25, 0.3) is 0 Å². The second-order valence-corrected chi connectivity index (χ2v) is 6.84. The molecule has 0 aromatic carbocycles. The van der Waals surface area contributed by atoms with Crippen molar-refractivity contribution in [2.75, 3.05) is 39.3 Å². The van der Waals surface area contributed by atoms with Crippen molar-refractivity contribution in [2.24, 2.45) is 5.92 Å². The topological polar surface area (TPSA) is 73.2 Å². The minimum absolute atomic E-state index is 0.0384. The van der Waals surface area contributed by atoms with Crippen LogP contribution in [0, 0.1) is 5.92 Å². The molecule has 6 heteroatoms. The fourth-order valence-corrected chi connectivity index (χ4v) is 2.36. The molecule has 1 amide bonds. The first-order valence-corrected chi connectivity index (χ1v) is 8.67. The Labute approximate surface area is 141 Å². The van der Waals surface area contributed by atoms with E-state index in [9.17, 15) is 9.90 Å². The summed E-state index contributed by atoms with van der Waals surface area (Å²) in [5.74, 6) is -0.126. The largest absolute Gasteiger partial charge is 0.444 e. The van der Waals surface area contributed by atoms with E-state index < -0.39 is 17.8 Å². The molecule has 1 aliphatic rings. The minimum Gasteiger partial charge on any atom is -0.444 e. The molecule has 0 unspecified atom stereocenters.